The molecule has 0 aromatic rings. The standard InChI is InChI=1S/C11H22O8/c1-5(14)6(2-3-12)18-11-10(17)9(16)8(15)7(4-13)19-11/h5-17H,2-4H2,1H3. The summed E-state index contributed by atoms with van der Waals surface area (Å²) in [5, 5.41) is 56.2. The van der Waals surface area contributed by atoms with Crippen LogP contribution in [0.5, 0.6) is 0 Å². The van der Waals surface area contributed by atoms with Gasteiger partial charge in [0.25, 0.3) is 0 Å². The van der Waals surface area contributed by atoms with Crippen molar-refractivity contribution >= 4 is 0 Å². The van der Waals surface area contributed by atoms with Gasteiger partial charge in [-0.15, -0.1) is 0 Å². The van der Waals surface area contributed by atoms with Crippen LogP contribution in [0.4, 0.5) is 0 Å². The van der Waals surface area contributed by atoms with E-state index in [-0.39, 0.29) is 13.0 Å². The van der Waals surface area contributed by atoms with E-state index in [9.17, 15) is 20.4 Å². The van der Waals surface area contributed by atoms with Gasteiger partial charge in [-0.3, -0.25) is 0 Å². The van der Waals surface area contributed by atoms with E-state index in [2.05, 4.69) is 0 Å². The molecule has 8 heteroatoms. The predicted molar refractivity (Wildman–Crippen MR) is 62.0 cm³/mol. The molecule has 0 saturated carbocycles. The number of aliphatic hydroxyl groups is 6. The molecule has 0 amide bonds. The zero-order chi connectivity index (χ0) is 14.6. The summed E-state index contributed by atoms with van der Waals surface area (Å²) < 4.78 is 10.4. The summed E-state index contributed by atoms with van der Waals surface area (Å²) in [6, 6.07) is 0. The molecular formula is C11H22O8. The average molecular weight is 282 g/mol. The van der Waals surface area contributed by atoms with Gasteiger partial charge in [-0.2, -0.15) is 0 Å². The van der Waals surface area contributed by atoms with E-state index in [4.69, 9.17) is 19.7 Å². The van der Waals surface area contributed by atoms with Crippen LogP contribution in [0.1, 0.15) is 13.3 Å². The lowest BCUT2D eigenvalue weighted by atomic mass is 9.99. The monoisotopic (exact) mass is 282 g/mol. The lowest BCUT2D eigenvalue weighted by Gasteiger charge is -2.41. The van der Waals surface area contributed by atoms with Gasteiger partial charge in [0.15, 0.2) is 6.29 Å². The van der Waals surface area contributed by atoms with Gasteiger partial charge in [-0.05, 0) is 13.3 Å². The van der Waals surface area contributed by atoms with Gasteiger partial charge >= 0.3 is 0 Å². The maximum absolute atomic E-state index is 9.73. The van der Waals surface area contributed by atoms with Gasteiger partial charge in [0.1, 0.15) is 24.4 Å². The van der Waals surface area contributed by atoms with E-state index < -0.39 is 49.5 Å². The lowest BCUT2D eigenvalue weighted by molar-refractivity contribution is -0.317. The molecule has 1 fully saturated rings. The normalized spacial score (nSPS) is 39.0. The first kappa shape index (κ1) is 16.7. The van der Waals surface area contributed by atoms with Crippen LogP contribution in [0.25, 0.3) is 0 Å². The first-order valence-corrected chi connectivity index (χ1v) is 6.17. The minimum absolute atomic E-state index is 0.118. The van der Waals surface area contributed by atoms with Crippen LogP contribution in [-0.4, -0.2) is 86.8 Å². The molecule has 1 heterocycles. The van der Waals surface area contributed by atoms with Crippen LogP contribution in [0.3, 0.4) is 0 Å². The van der Waals surface area contributed by atoms with Crippen LogP contribution in [0.2, 0.25) is 0 Å². The van der Waals surface area contributed by atoms with Crippen molar-refractivity contribution in [2.75, 3.05) is 13.2 Å². The molecule has 0 aromatic carbocycles. The fourth-order valence-corrected chi connectivity index (χ4v) is 1.90. The second-order valence-corrected chi connectivity index (χ2v) is 4.62. The van der Waals surface area contributed by atoms with Gasteiger partial charge < -0.3 is 40.1 Å². The van der Waals surface area contributed by atoms with Gasteiger partial charge in [0.2, 0.25) is 0 Å². The third-order valence-corrected chi connectivity index (χ3v) is 3.11. The molecule has 7 unspecified atom stereocenters. The highest BCUT2D eigenvalue weighted by molar-refractivity contribution is 4.89. The number of rotatable bonds is 6. The Labute approximate surface area is 110 Å². The van der Waals surface area contributed by atoms with Gasteiger partial charge in [0.05, 0.1) is 18.8 Å². The van der Waals surface area contributed by atoms with Crippen molar-refractivity contribution in [3.8, 4) is 0 Å². The molecule has 1 aliphatic heterocycles. The molecule has 8 nitrogen and oxygen atoms in total. The van der Waals surface area contributed by atoms with Crippen LogP contribution in [0.15, 0.2) is 0 Å². The first-order chi connectivity index (χ1) is 8.92. The number of ether oxygens (including phenoxy) is 2. The molecule has 0 aliphatic carbocycles. The van der Waals surface area contributed by atoms with Crippen LogP contribution < -0.4 is 0 Å². The molecule has 0 aromatic heterocycles. The van der Waals surface area contributed by atoms with Crippen LogP contribution >= 0.6 is 0 Å². The molecule has 0 radical (unpaired) electrons. The molecule has 7 atom stereocenters. The van der Waals surface area contributed by atoms with Crippen molar-refractivity contribution in [2.45, 2.75) is 56.3 Å². The number of aliphatic hydroxyl groups excluding tert-OH is 6. The Morgan fingerprint density at radius 2 is 1.74 bits per heavy atom. The Kier molecular flexibility index (Phi) is 6.57. The summed E-state index contributed by atoms with van der Waals surface area (Å²) >= 11 is 0. The van der Waals surface area contributed by atoms with E-state index in [1.165, 1.54) is 6.92 Å². The first-order valence-electron chi connectivity index (χ1n) is 6.17. The molecule has 1 saturated heterocycles. The van der Waals surface area contributed by atoms with Gasteiger partial charge in [-0.25, -0.2) is 0 Å². The second-order valence-electron chi connectivity index (χ2n) is 4.62. The highest BCUT2D eigenvalue weighted by Gasteiger charge is 2.45. The molecule has 114 valence electrons. The molecule has 0 spiro atoms. The number of hydrogen-bond acceptors (Lipinski definition) is 8. The van der Waals surface area contributed by atoms with Crippen LogP contribution in [-0.2, 0) is 9.47 Å². The summed E-state index contributed by atoms with van der Waals surface area (Å²) in [5.74, 6) is 0. The van der Waals surface area contributed by atoms with Crippen molar-refractivity contribution in [3.63, 3.8) is 0 Å². The molecular weight excluding hydrogens is 260 g/mol. The molecule has 19 heavy (non-hydrogen) atoms. The van der Waals surface area contributed by atoms with Gasteiger partial charge in [-0.1, -0.05) is 0 Å². The van der Waals surface area contributed by atoms with Crippen molar-refractivity contribution in [3.05, 3.63) is 0 Å². The highest BCUT2D eigenvalue weighted by Crippen LogP contribution is 2.24. The molecule has 1 aliphatic rings. The summed E-state index contributed by atoms with van der Waals surface area (Å²) in [6.45, 7) is 0.668. The second kappa shape index (κ2) is 7.46. The maximum Gasteiger partial charge on any atom is 0.187 e. The Morgan fingerprint density at radius 1 is 1.11 bits per heavy atom. The van der Waals surface area contributed by atoms with E-state index >= 15 is 0 Å². The fourth-order valence-electron chi connectivity index (χ4n) is 1.90. The van der Waals surface area contributed by atoms with E-state index in [0.717, 1.165) is 0 Å². The summed E-state index contributed by atoms with van der Waals surface area (Å²) in [4.78, 5) is 0. The zero-order valence-corrected chi connectivity index (χ0v) is 10.7. The Hall–Kier alpha value is -0.320. The molecule has 1 rings (SSSR count). The van der Waals surface area contributed by atoms with E-state index in [0.29, 0.717) is 0 Å². The average Bonchev–Trinajstić information content (AvgIpc) is 2.38. The maximum atomic E-state index is 9.73. The topological polar surface area (TPSA) is 140 Å². The van der Waals surface area contributed by atoms with Crippen LogP contribution in [0, 0.1) is 0 Å². The van der Waals surface area contributed by atoms with Crippen molar-refractivity contribution in [2.24, 2.45) is 0 Å². The Morgan fingerprint density at radius 3 is 2.21 bits per heavy atom. The van der Waals surface area contributed by atoms with E-state index in [1.54, 1.807) is 0 Å². The van der Waals surface area contributed by atoms with Crippen molar-refractivity contribution < 1.29 is 40.1 Å². The fraction of sp³-hybridized carbons (Fsp3) is 1.00. The third kappa shape index (κ3) is 4.07. The summed E-state index contributed by atoms with van der Waals surface area (Å²) in [6.07, 6.45) is -8.47. The van der Waals surface area contributed by atoms with Gasteiger partial charge in [0, 0.05) is 6.61 Å². The summed E-state index contributed by atoms with van der Waals surface area (Å²) in [7, 11) is 0. The smallest absolute Gasteiger partial charge is 0.187 e. The molecule has 6 N–H and O–H groups in total. The molecule has 0 bridgehead atoms. The zero-order valence-electron chi connectivity index (χ0n) is 10.7. The van der Waals surface area contributed by atoms with E-state index in [1.807, 2.05) is 0 Å². The van der Waals surface area contributed by atoms with Crippen molar-refractivity contribution in [1.82, 2.24) is 0 Å². The Bertz CT molecular complexity index is 259. The predicted octanol–water partition coefficient (Wildman–Crippen LogP) is -3.07. The quantitative estimate of drug-likeness (QED) is 0.302. The minimum Gasteiger partial charge on any atom is -0.396 e. The largest absolute Gasteiger partial charge is 0.396 e. The minimum atomic E-state index is -1.53. The third-order valence-electron chi connectivity index (χ3n) is 3.11. The van der Waals surface area contributed by atoms with Crippen molar-refractivity contribution in [1.29, 1.82) is 0 Å². The Balaban J connectivity index is 2.69. The number of hydrogen-bond donors (Lipinski definition) is 6. The SMILES string of the molecule is CC(O)C(CCO)OC1OC(CO)C(O)C(O)C1O. The summed E-state index contributed by atoms with van der Waals surface area (Å²) in [5.41, 5.74) is 0. The highest BCUT2D eigenvalue weighted by atomic mass is 16.7. The lowest BCUT2D eigenvalue weighted by Crippen LogP contribution is -2.60.